The Morgan fingerprint density at radius 1 is 1.29 bits per heavy atom. The van der Waals surface area contributed by atoms with Crippen molar-refractivity contribution in [2.75, 3.05) is 0 Å². The maximum atomic E-state index is 12.0. The summed E-state index contributed by atoms with van der Waals surface area (Å²) in [6.45, 7) is 1.82. The van der Waals surface area contributed by atoms with Crippen LogP contribution in [-0.2, 0) is 11.3 Å². The van der Waals surface area contributed by atoms with Crippen LogP contribution in [0.15, 0.2) is 46.3 Å². The summed E-state index contributed by atoms with van der Waals surface area (Å²) in [5.74, 6) is 0.385. The minimum absolute atomic E-state index is 0.0362. The Morgan fingerprint density at radius 2 is 2.14 bits per heavy atom. The molecule has 0 radical (unpaired) electrons. The number of thiophene rings is 1. The summed E-state index contributed by atoms with van der Waals surface area (Å²) in [5.41, 5.74) is 1.41. The number of rotatable bonds is 4. The number of hydrogen-bond acceptors (Lipinski definition) is 6. The number of ether oxygens (including phenoxy) is 1. The molecule has 106 valence electrons. The number of aryl methyl sites for hydroxylation is 1. The van der Waals surface area contributed by atoms with E-state index in [0.29, 0.717) is 11.4 Å². The van der Waals surface area contributed by atoms with Crippen molar-refractivity contribution in [3.63, 3.8) is 0 Å². The highest BCUT2D eigenvalue weighted by atomic mass is 32.1. The normalized spacial score (nSPS) is 10.5. The smallest absolute Gasteiger partial charge is 0.338 e. The fourth-order valence-electron chi connectivity index (χ4n) is 1.83. The fraction of sp³-hybridized carbons (Fsp3) is 0.133. The zero-order chi connectivity index (χ0) is 14.7. The number of carbonyl (C=O) groups is 1. The number of nitrogens with zero attached hydrogens (tertiary/aromatic N) is 2. The Kier molecular flexibility index (Phi) is 3.79. The summed E-state index contributed by atoms with van der Waals surface area (Å²) >= 11 is 1.52. The van der Waals surface area contributed by atoms with Gasteiger partial charge in [-0.2, -0.15) is 4.98 Å². The predicted octanol–water partition coefficient (Wildman–Crippen LogP) is 3.46. The lowest BCUT2D eigenvalue weighted by molar-refractivity contribution is 0.0429. The second-order valence-corrected chi connectivity index (χ2v) is 5.33. The summed E-state index contributed by atoms with van der Waals surface area (Å²) in [7, 11) is 0. The van der Waals surface area contributed by atoms with Crippen LogP contribution in [0.3, 0.4) is 0 Å². The van der Waals surface area contributed by atoms with Gasteiger partial charge in [-0.15, -0.1) is 11.3 Å². The van der Waals surface area contributed by atoms with Crippen LogP contribution in [-0.4, -0.2) is 16.1 Å². The first-order valence-corrected chi connectivity index (χ1v) is 7.21. The molecule has 0 unspecified atom stereocenters. The van der Waals surface area contributed by atoms with E-state index in [0.717, 1.165) is 10.4 Å². The van der Waals surface area contributed by atoms with Gasteiger partial charge in [0.25, 0.3) is 5.89 Å². The molecule has 3 aromatic rings. The second kappa shape index (κ2) is 5.88. The van der Waals surface area contributed by atoms with Crippen LogP contribution >= 0.6 is 11.3 Å². The number of hydrogen-bond donors (Lipinski definition) is 0. The van der Waals surface area contributed by atoms with E-state index >= 15 is 0 Å². The molecule has 6 heteroatoms. The van der Waals surface area contributed by atoms with Gasteiger partial charge in [0.2, 0.25) is 5.82 Å². The van der Waals surface area contributed by atoms with Gasteiger partial charge in [0.1, 0.15) is 0 Å². The van der Waals surface area contributed by atoms with E-state index in [4.69, 9.17) is 9.26 Å². The van der Waals surface area contributed by atoms with Crippen molar-refractivity contribution in [3.8, 4) is 10.7 Å². The van der Waals surface area contributed by atoms with Gasteiger partial charge in [-0.3, -0.25) is 0 Å². The monoisotopic (exact) mass is 300 g/mol. The molecule has 21 heavy (non-hydrogen) atoms. The molecule has 0 N–H and O–H groups in total. The van der Waals surface area contributed by atoms with Crippen LogP contribution < -0.4 is 0 Å². The molecule has 0 spiro atoms. The highest BCUT2D eigenvalue weighted by Crippen LogP contribution is 2.21. The minimum atomic E-state index is -0.399. The fourth-order valence-corrected chi connectivity index (χ4v) is 2.48. The highest BCUT2D eigenvalue weighted by molar-refractivity contribution is 7.13. The molecule has 0 aliphatic rings. The van der Waals surface area contributed by atoms with Crippen LogP contribution in [0, 0.1) is 6.92 Å². The van der Waals surface area contributed by atoms with Crippen LogP contribution in [0.5, 0.6) is 0 Å². The molecule has 0 fully saturated rings. The van der Waals surface area contributed by atoms with E-state index in [2.05, 4.69) is 10.1 Å². The van der Waals surface area contributed by atoms with Crippen molar-refractivity contribution in [1.29, 1.82) is 0 Å². The highest BCUT2D eigenvalue weighted by Gasteiger charge is 2.14. The van der Waals surface area contributed by atoms with Gasteiger partial charge in [-0.1, -0.05) is 29.4 Å². The first-order valence-electron chi connectivity index (χ1n) is 6.33. The third kappa shape index (κ3) is 3.00. The number of carbonyl (C=O) groups excluding carboxylic acids is 1. The summed E-state index contributed by atoms with van der Waals surface area (Å²) in [4.78, 5) is 17.1. The average molecular weight is 300 g/mol. The Balaban J connectivity index is 1.66. The number of esters is 1. The number of benzene rings is 1. The minimum Gasteiger partial charge on any atom is -0.452 e. The molecular weight excluding hydrogens is 288 g/mol. The van der Waals surface area contributed by atoms with E-state index in [9.17, 15) is 4.79 Å². The molecule has 1 aromatic carbocycles. The average Bonchev–Trinajstić information content (AvgIpc) is 3.16. The predicted molar refractivity (Wildman–Crippen MR) is 77.9 cm³/mol. The Bertz CT molecular complexity index is 750. The van der Waals surface area contributed by atoms with E-state index in [-0.39, 0.29) is 12.5 Å². The second-order valence-electron chi connectivity index (χ2n) is 4.38. The number of aromatic nitrogens is 2. The van der Waals surface area contributed by atoms with Gasteiger partial charge in [0.15, 0.2) is 6.61 Å². The lowest BCUT2D eigenvalue weighted by Crippen LogP contribution is -2.07. The van der Waals surface area contributed by atoms with Crippen molar-refractivity contribution in [2.45, 2.75) is 13.5 Å². The Morgan fingerprint density at radius 3 is 2.90 bits per heavy atom. The van der Waals surface area contributed by atoms with E-state index < -0.39 is 5.97 Å². The van der Waals surface area contributed by atoms with Gasteiger partial charge in [-0.25, -0.2) is 4.79 Å². The molecule has 0 aliphatic heterocycles. The topological polar surface area (TPSA) is 65.2 Å². The largest absolute Gasteiger partial charge is 0.452 e. The van der Waals surface area contributed by atoms with E-state index in [1.807, 2.05) is 36.6 Å². The quantitative estimate of drug-likeness (QED) is 0.690. The SMILES string of the molecule is Cc1ccccc1C(=O)OCc1nc(-c2cccs2)no1. The first kappa shape index (κ1) is 13.5. The van der Waals surface area contributed by atoms with Crippen molar-refractivity contribution in [3.05, 3.63) is 58.8 Å². The van der Waals surface area contributed by atoms with Crippen molar-refractivity contribution < 1.29 is 14.1 Å². The summed E-state index contributed by atoms with van der Waals surface area (Å²) in [6, 6.07) is 11.1. The molecule has 0 saturated heterocycles. The van der Waals surface area contributed by atoms with Gasteiger partial charge in [0, 0.05) is 0 Å². The molecule has 5 nitrogen and oxygen atoms in total. The Hall–Kier alpha value is -2.47. The van der Waals surface area contributed by atoms with Crippen LogP contribution in [0.25, 0.3) is 10.7 Å². The van der Waals surface area contributed by atoms with Crippen LogP contribution in [0.1, 0.15) is 21.8 Å². The molecule has 0 amide bonds. The zero-order valence-corrected chi connectivity index (χ0v) is 12.1. The molecule has 0 atom stereocenters. The standard InChI is InChI=1S/C15H12N2O3S/c1-10-5-2-3-6-11(10)15(18)19-9-13-16-14(17-20-13)12-7-4-8-21-12/h2-8H,9H2,1H3. The lowest BCUT2D eigenvalue weighted by atomic mass is 10.1. The van der Waals surface area contributed by atoms with Crippen molar-refractivity contribution >= 4 is 17.3 Å². The summed E-state index contributed by atoms with van der Waals surface area (Å²) in [6.07, 6.45) is 0. The van der Waals surface area contributed by atoms with Crippen molar-refractivity contribution in [2.24, 2.45) is 0 Å². The molecule has 0 saturated carbocycles. The van der Waals surface area contributed by atoms with Gasteiger partial charge >= 0.3 is 5.97 Å². The Labute approximate surface area is 125 Å². The van der Waals surface area contributed by atoms with Gasteiger partial charge in [0.05, 0.1) is 10.4 Å². The van der Waals surface area contributed by atoms with Crippen LogP contribution in [0.2, 0.25) is 0 Å². The molecular formula is C15H12N2O3S. The molecule has 2 aromatic heterocycles. The molecule has 2 heterocycles. The lowest BCUT2D eigenvalue weighted by Gasteiger charge is -2.04. The van der Waals surface area contributed by atoms with Gasteiger partial charge < -0.3 is 9.26 Å². The van der Waals surface area contributed by atoms with Gasteiger partial charge in [-0.05, 0) is 30.0 Å². The molecule has 3 rings (SSSR count). The van der Waals surface area contributed by atoms with Crippen LogP contribution in [0.4, 0.5) is 0 Å². The third-order valence-corrected chi connectivity index (χ3v) is 3.77. The molecule has 0 aliphatic carbocycles. The molecule has 0 bridgehead atoms. The summed E-state index contributed by atoms with van der Waals surface area (Å²) in [5, 5.41) is 5.79. The maximum Gasteiger partial charge on any atom is 0.338 e. The van der Waals surface area contributed by atoms with E-state index in [1.165, 1.54) is 11.3 Å². The zero-order valence-electron chi connectivity index (χ0n) is 11.3. The summed E-state index contributed by atoms with van der Waals surface area (Å²) < 4.78 is 10.3. The van der Waals surface area contributed by atoms with Crippen molar-refractivity contribution in [1.82, 2.24) is 10.1 Å². The third-order valence-electron chi connectivity index (χ3n) is 2.90. The first-order chi connectivity index (χ1) is 10.2. The van der Waals surface area contributed by atoms with E-state index in [1.54, 1.807) is 12.1 Å². The maximum absolute atomic E-state index is 12.0.